The third kappa shape index (κ3) is 3.10. The van der Waals surface area contributed by atoms with Crippen LogP contribution in [0.4, 0.5) is 0 Å². The molecule has 1 aromatic heterocycles. The van der Waals surface area contributed by atoms with Gasteiger partial charge in [0, 0.05) is 18.7 Å². The van der Waals surface area contributed by atoms with Crippen molar-refractivity contribution in [2.75, 3.05) is 20.1 Å². The van der Waals surface area contributed by atoms with E-state index < -0.39 is 0 Å². The Morgan fingerprint density at radius 2 is 1.62 bits per heavy atom. The van der Waals surface area contributed by atoms with E-state index >= 15 is 0 Å². The van der Waals surface area contributed by atoms with Gasteiger partial charge in [0.25, 0.3) is 0 Å². The molecule has 0 amide bonds. The first-order chi connectivity index (χ1) is 11.8. The smallest absolute Gasteiger partial charge is 0.225 e. The van der Waals surface area contributed by atoms with E-state index in [1.54, 1.807) is 0 Å². The van der Waals surface area contributed by atoms with Gasteiger partial charge in [0.05, 0.1) is 10.9 Å². The number of benzene rings is 2. The molecule has 0 spiro atoms. The van der Waals surface area contributed by atoms with Crippen LogP contribution in [0.25, 0.3) is 22.3 Å². The number of hydrogen-bond donors (Lipinski definition) is 0. The van der Waals surface area contributed by atoms with Crippen LogP contribution in [0.5, 0.6) is 5.88 Å². The molecule has 24 heavy (non-hydrogen) atoms. The first-order valence-electron chi connectivity index (χ1n) is 8.47. The minimum Gasteiger partial charge on any atom is -0.474 e. The molecule has 4 rings (SSSR count). The summed E-state index contributed by atoms with van der Waals surface area (Å²) in [6.45, 7) is 2.14. The third-order valence-corrected chi connectivity index (χ3v) is 4.54. The lowest BCUT2D eigenvalue weighted by molar-refractivity contribution is 0.111. The summed E-state index contributed by atoms with van der Waals surface area (Å²) in [5, 5.41) is 0.983. The molecule has 4 heteroatoms. The summed E-state index contributed by atoms with van der Waals surface area (Å²) in [7, 11) is 2.16. The normalized spacial score (nSPS) is 16.4. The van der Waals surface area contributed by atoms with E-state index in [9.17, 15) is 0 Å². The molecule has 4 nitrogen and oxygen atoms in total. The number of piperidine rings is 1. The van der Waals surface area contributed by atoms with Crippen LogP contribution in [0.1, 0.15) is 12.8 Å². The second kappa shape index (κ2) is 6.57. The van der Waals surface area contributed by atoms with Crippen molar-refractivity contribution in [1.82, 2.24) is 14.9 Å². The number of hydrogen-bond acceptors (Lipinski definition) is 4. The quantitative estimate of drug-likeness (QED) is 0.736. The van der Waals surface area contributed by atoms with Crippen LogP contribution < -0.4 is 4.74 Å². The molecule has 0 aliphatic carbocycles. The first kappa shape index (κ1) is 15.1. The zero-order chi connectivity index (χ0) is 16.4. The maximum absolute atomic E-state index is 6.30. The molecular formula is C20H21N3O. The Morgan fingerprint density at radius 3 is 2.42 bits per heavy atom. The van der Waals surface area contributed by atoms with Crippen molar-refractivity contribution in [3.8, 4) is 17.3 Å². The summed E-state index contributed by atoms with van der Waals surface area (Å²) in [5.41, 5.74) is 1.94. The largest absolute Gasteiger partial charge is 0.474 e. The van der Waals surface area contributed by atoms with Gasteiger partial charge < -0.3 is 9.64 Å². The maximum Gasteiger partial charge on any atom is 0.225 e. The number of aromatic nitrogens is 2. The fourth-order valence-electron chi connectivity index (χ4n) is 3.11. The standard InChI is InChI=1S/C20H21N3O/c1-23-13-11-16(12-14-23)24-20-17-9-5-6-10-18(17)21-19(22-20)15-7-3-2-4-8-15/h2-10,16H,11-14H2,1H3. The van der Waals surface area contributed by atoms with Gasteiger partial charge in [-0.2, -0.15) is 4.98 Å². The van der Waals surface area contributed by atoms with E-state index in [4.69, 9.17) is 14.7 Å². The van der Waals surface area contributed by atoms with Gasteiger partial charge in [-0.15, -0.1) is 0 Å². The molecule has 0 radical (unpaired) electrons. The predicted octanol–water partition coefficient (Wildman–Crippen LogP) is 3.77. The molecule has 122 valence electrons. The van der Waals surface area contributed by atoms with Crippen molar-refractivity contribution in [3.63, 3.8) is 0 Å². The number of likely N-dealkylation sites (tertiary alicyclic amines) is 1. The highest BCUT2D eigenvalue weighted by molar-refractivity contribution is 5.85. The lowest BCUT2D eigenvalue weighted by Crippen LogP contribution is -2.35. The summed E-state index contributed by atoms with van der Waals surface area (Å²) in [5.74, 6) is 1.42. The van der Waals surface area contributed by atoms with E-state index in [-0.39, 0.29) is 6.10 Å². The highest BCUT2D eigenvalue weighted by Gasteiger charge is 2.20. The van der Waals surface area contributed by atoms with Crippen molar-refractivity contribution in [2.45, 2.75) is 18.9 Å². The average Bonchev–Trinajstić information content (AvgIpc) is 2.64. The zero-order valence-corrected chi connectivity index (χ0v) is 13.9. The topological polar surface area (TPSA) is 38.2 Å². The molecule has 0 bridgehead atoms. The van der Waals surface area contributed by atoms with Crippen molar-refractivity contribution in [1.29, 1.82) is 0 Å². The van der Waals surface area contributed by atoms with Gasteiger partial charge in [-0.3, -0.25) is 0 Å². The van der Waals surface area contributed by atoms with Gasteiger partial charge in [-0.05, 0) is 32.0 Å². The van der Waals surface area contributed by atoms with E-state index in [1.807, 2.05) is 54.6 Å². The SMILES string of the molecule is CN1CCC(Oc2nc(-c3ccccc3)nc3ccccc23)CC1. The summed E-state index contributed by atoms with van der Waals surface area (Å²) in [6.07, 6.45) is 2.30. The Kier molecular flexibility index (Phi) is 4.13. The second-order valence-electron chi connectivity index (χ2n) is 6.36. The molecule has 3 aromatic rings. The monoisotopic (exact) mass is 319 g/mol. The summed E-state index contributed by atoms with van der Waals surface area (Å²) in [6, 6.07) is 18.1. The van der Waals surface area contributed by atoms with Gasteiger partial charge in [0.15, 0.2) is 5.82 Å². The van der Waals surface area contributed by atoms with Crippen molar-refractivity contribution >= 4 is 10.9 Å². The fraction of sp³-hybridized carbons (Fsp3) is 0.300. The van der Waals surface area contributed by atoms with Gasteiger partial charge in [0.2, 0.25) is 5.88 Å². The molecule has 0 saturated carbocycles. The van der Waals surface area contributed by atoms with Gasteiger partial charge in [-0.25, -0.2) is 4.98 Å². The zero-order valence-electron chi connectivity index (χ0n) is 13.9. The molecule has 0 N–H and O–H groups in total. The van der Waals surface area contributed by atoms with Crippen molar-refractivity contribution in [2.24, 2.45) is 0 Å². The number of rotatable bonds is 3. The summed E-state index contributed by atoms with van der Waals surface area (Å²) in [4.78, 5) is 11.8. The van der Waals surface area contributed by atoms with Crippen molar-refractivity contribution < 1.29 is 4.74 Å². The molecule has 0 unspecified atom stereocenters. The van der Waals surface area contributed by atoms with Crippen LogP contribution in [-0.4, -0.2) is 41.1 Å². The maximum atomic E-state index is 6.30. The molecule has 2 aromatic carbocycles. The lowest BCUT2D eigenvalue weighted by Gasteiger charge is -2.29. The third-order valence-electron chi connectivity index (χ3n) is 4.54. The summed E-state index contributed by atoms with van der Waals surface area (Å²) >= 11 is 0. The first-order valence-corrected chi connectivity index (χ1v) is 8.47. The Bertz CT molecular complexity index is 827. The van der Waals surface area contributed by atoms with Gasteiger partial charge in [0.1, 0.15) is 6.10 Å². The average molecular weight is 319 g/mol. The highest BCUT2D eigenvalue weighted by atomic mass is 16.5. The summed E-state index contributed by atoms with van der Waals surface area (Å²) < 4.78 is 6.30. The van der Waals surface area contributed by atoms with Crippen LogP contribution in [0.15, 0.2) is 54.6 Å². The van der Waals surface area contributed by atoms with Crippen LogP contribution in [0.3, 0.4) is 0 Å². The minimum absolute atomic E-state index is 0.225. The van der Waals surface area contributed by atoms with Crippen LogP contribution in [0, 0.1) is 0 Å². The minimum atomic E-state index is 0.225. The molecule has 1 aliphatic rings. The number of nitrogens with zero attached hydrogens (tertiary/aromatic N) is 3. The van der Waals surface area contributed by atoms with Crippen molar-refractivity contribution in [3.05, 3.63) is 54.6 Å². The predicted molar refractivity (Wildman–Crippen MR) is 96.1 cm³/mol. The van der Waals surface area contributed by atoms with Crippen LogP contribution in [0.2, 0.25) is 0 Å². The highest BCUT2D eigenvalue weighted by Crippen LogP contribution is 2.28. The number of para-hydroxylation sites is 1. The number of fused-ring (bicyclic) bond motifs is 1. The van der Waals surface area contributed by atoms with E-state index in [1.165, 1.54) is 0 Å². The van der Waals surface area contributed by atoms with Gasteiger partial charge in [-0.1, -0.05) is 42.5 Å². The molecular weight excluding hydrogens is 298 g/mol. The molecule has 2 heterocycles. The Hall–Kier alpha value is -2.46. The molecule has 1 saturated heterocycles. The van der Waals surface area contributed by atoms with Crippen LogP contribution in [-0.2, 0) is 0 Å². The molecule has 1 aliphatic heterocycles. The Labute approximate surface area is 142 Å². The van der Waals surface area contributed by atoms with E-state index in [2.05, 4.69) is 11.9 Å². The molecule has 1 fully saturated rings. The number of ether oxygens (including phenoxy) is 1. The van der Waals surface area contributed by atoms with E-state index in [0.717, 1.165) is 48.2 Å². The lowest BCUT2D eigenvalue weighted by atomic mass is 10.1. The molecule has 0 atom stereocenters. The Balaban J connectivity index is 1.72. The second-order valence-corrected chi connectivity index (χ2v) is 6.36. The Morgan fingerprint density at radius 1 is 0.917 bits per heavy atom. The van der Waals surface area contributed by atoms with Crippen LogP contribution >= 0.6 is 0 Å². The van der Waals surface area contributed by atoms with E-state index in [0.29, 0.717) is 5.88 Å². The van der Waals surface area contributed by atoms with Gasteiger partial charge >= 0.3 is 0 Å². The fourth-order valence-corrected chi connectivity index (χ4v) is 3.11.